The van der Waals surface area contributed by atoms with E-state index in [1.807, 2.05) is 25.1 Å². The molecular formula is C18H25BrN2O3. The molecule has 6 heteroatoms. The molecule has 0 aromatic heterocycles. The summed E-state index contributed by atoms with van der Waals surface area (Å²) in [5, 5.41) is 5.72. The van der Waals surface area contributed by atoms with E-state index in [9.17, 15) is 9.59 Å². The topological polar surface area (TPSA) is 67.4 Å². The summed E-state index contributed by atoms with van der Waals surface area (Å²) in [6, 6.07) is 5.49. The van der Waals surface area contributed by atoms with E-state index in [0.717, 1.165) is 30.2 Å². The molecule has 0 spiro atoms. The van der Waals surface area contributed by atoms with E-state index in [1.54, 1.807) is 0 Å². The van der Waals surface area contributed by atoms with E-state index >= 15 is 0 Å². The molecule has 0 unspecified atom stereocenters. The highest BCUT2D eigenvalue weighted by Crippen LogP contribution is 2.28. The standard InChI is InChI=1S/C18H25BrN2O3/c1-2-24-16-9-8-14(19)12-15(16)21-17(22)10-11-20-18(23)13-6-4-3-5-7-13/h8-9,12-13H,2-7,10-11H2,1H3,(H,20,23)(H,21,22). The normalized spacial score (nSPS) is 14.9. The van der Waals surface area contributed by atoms with Crippen LogP contribution in [-0.4, -0.2) is 25.0 Å². The Morgan fingerprint density at radius 2 is 2.00 bits per heavy atom. The predicted molar refractivity (Wildman–Crippen MR) is 98.1 cm³/mol. The molecule has 1 fully saturated rings. The van der Waals surface area contributed by atoms with E-state index in [0.29, 0.717) is 24.6 Å². The van der Waals surface area contributed by atoms with Crippen molar-refractivity contribution in [1.29, 1.82) is 0 Å². The van der Waals surface area contributed by atoms with Crippen LogP contribution in [0, 0.1) is 5.92 Å². The second-order valence-corrected chi connectivity index (χ2v) is 6.91. The summed E-state index contributed by atoms with van der Waals surface area (Å²) in [6.45, 7) is 2.79. The molecule has 24 heavy (non-hydrogen) atoms. The molecule has 1 aliphatic rings. The van der Waals surface area contributed by atoms with Crippen molar-refractivity contribution in [2.45, 2.75) is 45.4 Å². The van der Waals surface area contributed by atoms with Gasteiger partial charge in [0.05, 0.1) is 12.3 Å². The van der Waals surface area contributed by atoms with Crippen molar-refractivity contribution in [3.63, 3.8) is 0 Å². The third-order valence-corrected chi connectivity index (χ3v) is 4.64. The van der Waals surface area contributed by atoms with Gasteiger partial charge in [-0.2, -0.15) is 0 Å². The molecule has 0 heterocycles. The molecule has 2 amide bonds. The number of anilines is 1. The second-order valence-electron chi connectivity index (χ2n) is 6.00. The van der Waals surface area contributed by atoms with Gasteiger partial charge in [-0.05, 0) is 38.0 Å². The van der Waals surface area contributed by atoms with Gasteiger partial charge in [0.25, 0.3) is 0 Å². The smallest absolute Gasteiger partial charge is 0.226 e. The van der Waals surface area contributed by atoms with Crippen LogP contribution < -0.4 is 15.4 Å². The van der Waals surface area contributed by atoms with Gasteiger partial charge < -0.3 is 15.4 Å². The lowest BCUT2D eigenvalue weighted by molar-refractivity contribution is -0.126. The number of hydrogen-bond donors (Lipinski definition) is 2. The molecule has 1 aliphatic carbocycles. The summed E-state index contributed by atoms with van der Waals surface area (Å²) in [6.07, 6.45) is 5.66. The number of benzene rings is 1. The van der Waals surface area contributed by atoms with E-state index in [1.165, 1.54) is 6.42 Å². The molecule has 0 radical (unpaired) electrons. The van der Waals surface area contributed by atoms with Crippen molar-refractivity contribution in [3.8, 4) is 5.75 Å². The number of ether oxygens (including phenoxy) is 1. The summed E-state index contributed by atoms with van der Waals surface area (Å²) < 4.78 is 6.38. The quantitative estimate of drug-likeness (QED) is 0.734. The molecule has 5 nitrogen and oxygen atoms in total. The first kappa shape index (κ1) is 18.8. The van der Waals surface area contributed by atoms with Gasteiger partial charge in [0.1, 0.15) is 5.75 Å². The van der Waals surface area contributed by atoms with Crippen LogP contribution in [0.3, 0.4) is 0 Å². The number of nitrogens with one attached hydrogen (secondary N) is 2. The highest BCUT2D eigenvalue weighted by molar-refractivity contribution is 9.10. The van der Waals surface area contributed by atoms with Crippen LogP contribution in [0.5, 0.6) is 5.75 Å². The van der Waals surface area contributed by atoms with Crippen LogP contribution in [-0.2, 0) is 9.59 Å². The Kier molecular flexibility index (Phi) is 7.56. The number of amides is 2. The van der Waals surface area contributed by atoms with Crippen molar-refractivity contribution in [3.05, 3.63) is 22.7 Å². The third kappa shape index (κ3) is 5.82. The summed E-state index contributed by atoms with van der Waals surface area (Å²) >= 11 is 3.39. The zero-order valence-electron chi connectivity index (χ0n) is 14.1. The SMILES string of the molecule is CCOc1ccc(Br)cc1NC(=O)CCNC(=O)C1CCCCC1. The lowest BCUT2D eigenvalue weighted by Gasteiger charge is -2.20. The molecular weight excluding hydrogens is 372 g/mol. The van der Waals surface area contributed by atoms with Crippen LogP contribution in [0.1, 0.15) is 45.4 Å². The lowest BCUT2D eigenvalue weighted by Crippen LogP contribution is -2.34. The highest BCUT2D eigenvalue weighted by atomic mass is 79.9. The molecule has 2 rings (SSSR count). The fraction of sp³-hybridized carbons (Fsp3) is 0.556. The van der Waals surface area contributed by atoms with Gasteiger partial charge in [-0.1, -0.05) is 35.2 Å². The number of hydrogen-bond acceptors (Lipinski definition) is 3. The van der Waals surface area contributed by atoms with Crippen LogP contribution in [0.25, 0.3) is 0 Å². The Morgan fingerprint density at radius 1 is 1.25 bits per heavy atom. The molecule has 2 N–H and O–H groups in total. The van der Waals surface area contributed by atoms with Gasteiger partial charge >= 0.3 is 0 Å². The Bertz CT molecular complexity index is 571. The summed E-state index contributed by atoms with van der Waals surface area (Å²) in [4.78, 5) is 24.2. The van der Waals surface area contributed by atoms with Crippen LogP contribution in [0.4, 0.5) is 5.69 Å². The Hall–Kier alpha value is -1.56. The van der Waals surface area contributed by atoms with Gasteiger partial charge in [-0.15, -0.1) is 0 Å². The average Bonchev–Trinajstić information content (AvgIpc) is 2.58. The Labute approximate surface area is 151 Å². The maximum Gasteiger partial charge on any atom is 0.226 e. The van der Waals surface area contributed by atoms with E-state index in [-0.39, 0.29) is 24.2 Å². The summed E-state index contributed by atoms with van der Waals surface area (Å²) in [5.41, 5.74) is 0.634. The maximum atomic E-state index is 12.1. The van der Waals surface area contributed by atoms with E-state index < -0.39 is 0 Å². The summed E-state index contributed by atoms with van der Waals surface area (Å²) in [5.74, 6) is 0.703. The fourth-order valence-corrected chi connectivity index (χ4v) is 3.26. The monoisotopic (exact) mass is 396 g/mol. The highest BCUT2D eigenvalue weighted by Gasteiger charge is 2.20. The minimum atomic E-state index is -0.141. The fourth-order valence-electron chi connectivity index (χ4n) is 2.90. The molecule has 0 saturated heterocycles. The molecule has 1 saturated carbocycles. The van der Waals surface area contributed by atoms with Crippen LogP contribution in [0.15, 0.2) is 22.7 Å². The van der Waals surface area contributed by atoms with Gasteiger partial charge in [0, 0.05) is 23.4 Å². The first-order valence-electron chi connectivity index (χ1n) is 8.60. The largest absolute Gasteiger partial charge is 0.492 e. The Balaban J connectivity index is 1.79. The molecule has 0 atom stereocenters. The number of halogens is 1. The molecule has 0 aliphatic heterocycles. The molecule has 132 valence electrons. The Morgan fingerprint density at radius 3 is 2.71 bits per heavy atom. The van der Waals surface area contributed by atoms with Crippen molar-refractivity contribution < 1.29 is 14.3 Å². The van der Waals surface area contributed by atoms with E-state index in [2.05, 4.69) is 26.6 Å². The van der Waals surface area contributed by atoms with Gasteiger partial charge in [0.2, 0.25) is 11.8 Å². The zero-order chi connectivity index (χ0) is 17.4. The molecule has 1 aromatic carbocycles. The van der Waals surface area contributed by atoms with Crippen molar-refractivity contribution in [1.82, 2.24) is 5.32 Å². The first-order valence-corrected chi connectivity index (χ1v) is 9.39. The lowest BCUT2D eigenvalue weighted by atomic mass is 9.89. The number of rotatable bonds is 7. The molecule has 1 aromatic rings. The first-order chi connectivity index (χ1) is 11.6. The third-order valence-electron chi connectivity index (χ3n) is 4.14. The van der Waals surface area contributed by atoms with Crippen molar-refractivity contribution in [2.24, 2.45) is 5.92 Å². The van der Waals surface area contributed by atoms with Crippen LogP contribution in [0.2, 0.25) is 0 Å². The predicted octanol–water partition coefficient (Wildman–Crippen LogP) is 3.87. The second kappa shape index (κ2) is 9.67. The summed E-state index contributed by atoms with van der Waals surface area (Å²) in [7, 11) is 0. The van der Waals surface area contributed by atoms with Crippen LogP contribution >= 0.6 is 15.9 Å². The van der Waals surface area contributed by atoms with Gasteiger partial charge in [0.15, 0.2) is 0 Å². The van der Waals surface area contributed by atoms with Crippen molar-refractivity contribution in [2.75, 3.05) is 18.5 Å². The number of carbonyl (C=O) groups excluding carboxylic acids is 2. The maximum absolute atomic E-state index is 12.1. The number of carbonyl (C=O) groups is 2. The van der Waals surface area contributed by atoms with Crippen molar-refractivity contribution >= 4 is 33.4 Å². The van der Waals surface area contributed by atoms with Gasteiger partial charge in [-0.3, -0.25) is 9.59 Å². The average molecular weight is 397 g/mol. The minimum Gasteiger partial charge on any atom is -0.492 e. The molecule has 0 bridgehead atoms. The van der Waals surface area contributed by atoms with Gasteiger partial charge in [-0.25, -0.2) is 0 Å². The van der Waals surface area contributed by atoms with E-state index in [4.69, 9.17) is 4.74 Å². The zero-order valence-corrected chi connectivity index (χ0v) is 15.7. The minimum absolute atomic E-state index is 0.0833.